The number of nitrogens with zero attached hydrogens (tertiary/aromatic N) is 3. The zero-order valence-corrected chi connectivity index (χ0v) is 18.4. The molecule has 1 saturated carbocycles. The van der Waals surface area contributed by atoms with Crippen LogP contribution in [0.25, 0.3) is 0 Å². The highest BCUT2D eigenvalue weighted by Gasteiger charge is 2.34. The molecule has 0 aromatic carbocycles. The zero-order valence-electron chi connectivity index (χ0n) is 17.6. The Labute approximate surface area is 174 Å². The minimum Gasteiger partial charge on any atom is -0.356 e. The summed E-state index contributed by atoms with van der Waals surface area (Å²) in [5, 5.41) is 9.43. The number of likely N-dealkylation sites (tertiary alicyclic amines) is 2. The lowest BCUT2D eigenvalue weighted by Gasteiger charge is -2.36. The second-order valence-corrected chi connectivity index (χ2v) is 9.94. The van der Waals surface area contributed by atoms with Crippen LogP contribution in [0.3, 0.4) is 0 Å². The van der Waals surface area contributed by atoms with Gasteiger partial charge in [0.05, 0.1) is 6.04 Å². The van der Waals surface area contributed by atoms with Gasteiger partial charge in [0.15, 0.2) is 5.96 Å². The topological polar surface area (TPSA) is 42.9 Å². The van der Waals surface area contributed by atoms with Gasteiger partial charge >= 0.3 is 0 Å². The Hall–Kier alpha value is -1.11. The molecule has 3 fully saturated rings. The van der Waals surface area contributed by atoms with Gasteiger partial charge in [0.1, 0.15) is 0 Å². The van der Waals surface area contributed by atoms with E-state index in [1.165, 1.54) is 63.2 Å². The summed E-state index contributed by atoms with van der Waals surface area (Å²) >= 11 is 1.88. The Morgan fingerprint density at radius 1 is 1.18 bits per heavy atom. The molecule has 0 amide bonds. The van der Waals surface area contributed by atoms with E-state index in [0.29, 0.717) is 6.04 Å². The van der Waals surface area contributed by atoms with Crippen LogP contribution in [0, 0.1) is 11.8 Å². The van der Waals surface area contributed by atoms with Crippen LogP contribution in [0.2, 0.25) is 0 Å². The molecule has 2 atom stereocenters. The Morgan fingerprint density at radius 3 is 2.68 bits per heavy atom. The Balaban J connectivity index is 1.27. The second-order valence-electron chi connectivity index (χ2n) is 8.96. The third-order valence-electron chi connectivity index (χ3n) is 6.76. The lowest BCUT2D eigenvalue weighted by molar-refractivity contribution is 0.140. The highest BCUT2D eigenvalue weighted by molar-refractivity contribution is 7.10. The van der Waals surface area contributed by atoms with E-state index in [-0.39, 0.29) is 0 Å². The fourth-order valence-corrected chi connectivity index (χ4v) is 5.55. The number of guanidine groups is 1. The van der Waals surface area contributed by atoms with E-state index in [1.807, 2.05) is 18.4 Å². The first-order valence-electron chi connectivity index (χ1n) is 11.2. The third kappa shape index (κ3) is 5.28. The molecule has 5 nitrogen and oxygen atoms in total. The van der Waals surface area contributed by atoms with E-state index in [4.69, 9.17) is 0 Å². The zero-order chi connectivity index (χ0) is 19.3. The summed E-state index contributed by atoms with van der Waals surface area (Å²) in [5.74, 6) is 2.58. The number of aliphatic imine (C=N–C) groups is 1. The molecular weight excluding hydrogens is 366 g/mol. The summed E-state index contributed by atoms with van der Waals surface area (Å²) in [5.41, 5.74) is 0. The molecule has 0 radical (unpaired) electrons. The monoisotopic (exact) mass is 403 g/mol. The Morgan fingerprint density at radius 2 is 2.00 bits per heavy atom. The second kappa shape index (κ2) is 9.59. The molecule has 156 valence electrons. The van der Waals surface area contributed by atoms with Crippen LogP contribution in [0.1, 0.15) is 49.9 Å². The molecule has 3 aliphatic rings. The fraction of sp³-hybridized carbons (Fsp3) is 0.773. The average Bonchev–Trinajstić information content (AvgIpc) is 3.22. The standard InChI is InChI=1S/C22H37N5S/c1-17-7-10-26(11-8-17)20(21-4-3-13-28-21)15-25-22(23-2)24-14-18-9-12-27(16-18)19-5-6-19/h3-4,13,17-20H,5-12,14-16H2,1-2H3,(H2,23,24,25). The minimum atomic E-state index is 0.447. The average molecular weight is 404 g/mol. The van der Waals surface area contributed by atoms with Crippen molar-refractivity contribution in [1.29, 1.82) is 0 Å². The molecular formula is C22H37N5S. The molecule has 0 spiro atoms. The Bertz CT molecular complexity index is 619. The molecule has 1 aromatic heterocycles. The van der Waals surface area contributed by atoms with E-state index < -0.39 is 0 Å². The van der Waals surface area contributed by atoms with Gasteiger partial charge < -0.3 is 15.5 Å². The molecule has 0 bridgehead atoms. The van der Waals surface area contributed by atoms with Gasteiger partial charge in [0.25, 0.3) is 0 Å². The predicted molar refractivity (Wildman–Crippen MR) is 119 cm³/mol. The number of piperidine rings is 1. The maximum Gasteiger partial charge on any atom is 0.191 e. The Kier molecular flexibility index (Phi) is 6.91. The van der Waals surface area contributed by atoms with Gasteiger partial charge in [-0.3, -0.25) is 9.89 Å². The van der Waals surface area contributed by atoms with Crippen LogP contribution in [0.4, 0.5) is 0 Å². The molecule has 4 rings (SSSR count). The van der Waals surface area contributed by atoms with Crippen LogP contribution in [-0.2, 0) is 0 Å². The van der Waals surface area contributed by atoms with Crippen LogP contribution >= 0.6 is 11.3 Å². The summed E-state index contributed by atoms with van der Waals surface area (Å²) in [6, 6.07) is 5.82. The minimum absolute atomic E-state index is 0.447. The fourth-order valence-electron chi connectivity index (χ4n) is 4.69. The van der Waals surface area contributed by atoms with Crippen molar-refractivity contribution in [3.8, 4) is 0 Å². The SMILES string of the molecule is CN=C(NCC1CCN(C2CC2)C1)NCC(c1cccs1)N1CCC(C)CC1. The first-order valence-corrected chi connectivity index (χ1v) is 12.1. The van der Waals surface area contributed by atoms with Crippen molar-refractivity contribution in [2.75, 3.05) is 46.3 Å². The van der Waals surface area contributed by atoms with Crippen molar-refractivity contribution in [3.05, 3.63) is 22.4 Å². The first kappa shape index (κ1) is 20.2. The van der Waals surface area contributed by atoms with Gasteiger partial charge in [-0.2, -0.15) is 0 Å². The number of hydrogen-bond acceptors (Lipinski definition) is 4. The summed E-state index contributed by atoms with van der Waals surface area (Å²) in [6.45, 7) is 9.30. The number of hydrogen-bond donors (Lipinski definition) is 2. The van der Waals surface area contributed by atoms with Crippen molar-refractivity contribution in [2.45, 2.75) is 51.1 Å². The smallest absolute Gasteiger partial charge is 0.191 e. The van der Waals surface area contributed by atoms with Crippen molar-refractivity contribution >= 4 is 17.3 Å². The number of nitrogens with one attached hydrogen (secondary N) is 2. The van der Waals surface area contributed by atoms with Crippen LogP contribution < -0.4 is 10.6 Å². The maximum atomic E-state index is 4.49. The normalized spacial score (nSPS) is 26.5. The molecule has 2 N–H and O–H groups in total. The van der Waals surface area contributed by atoms with E-state index >= 15 is 0 Å². The predicted octanol–water partition coefficient (Wildman–Crippen LogP) is 3.17. The number of thiophene rings is 1. The van der Waals surface area contributed by atoms with Gasteiger partial charge in [-0.1, -0.05) is 13.0 Å². The highest BCUT2D eigenvalue weighted by Crippen LogP contribution is 2.31. The summed E-state index contributed by atoms with van der Waals surface area (Å²) in [7, 11) is 1.89. The first-order chi connectivity index (χ1) is 13.7. The van der Waals surface area contributed by atoms with Crippen LogP contribution in [0.5, 0.6) is 0 Å². The quantitative estimate of drug-likeness (QED) is 0.542. The van der Waals surface area contributed by atoms with Gasteiger partial charge in [0, 0.05) is 37.6 Å². The highest BCUT2D eigenvalue weighted by atomic mass is 32.1. The maximum absolute atomic E-state index is 4.49. The summed E-state index contributed by atoms with van der Waals surface area (Å²) in [6.07, 6.45) is 6.79. The van der Waals surface area contributed by atoms with Crippen molar-refractivity contribution < 1.29 is 0 Å². The lowest BCUT2D eigenvalue weighted by atomic mass is 9.97. The molecule has 1 aliphatic carbocycles. The van der Waals surface area contributed by atoms with Crippen LogP contribution in [-0.4, -0.2) is 68.1 Å². The van der Waals surface area contributed by atoms with E-state index in [2.05, 4.69) is 49.9 Å². The molecule has 28 heavy (non-hydrogen) atoms. The van der Waals surface area contributed by atoms with E-state index in [1.54, 1.807) is 0 Å². The lowest BCUT2D eigenvalue weighted by Crippen LogP contribution is -2.46. The van der Waals surface area contributed by atoms with Gasteiger partial charge in [-0.15, -0.1) is 11.3 Å². The summed E-state index contributed by atoms with van der Waals surface area (Å²) < 4.78 is 0. The largest absolute Gasteiger partial charge is 0.356 e. The van der Waals surface area contributed by atoms with Crippen molar-refractivity contribution in [3.63, 3.8) is 0 Å². The molecule has 6 heteroatoms. The van der Waals surface area contributed by atoms with Crippen LogP contribution in [0.15, 0.2) is 22.5 Å². The van der Waals surface area contributed by atoms with Gasteiger partial charge in [-0.25, -0.2) is 0 Å². The number of rotatable bonds is 7. The molecule has 3 heterocycles. The molecule has 2 unspecified atom stereocenters. The molecule has 2 aliphatic heterocycles. The van der Waals surface area contributed by atoms with E-state index in [0.717, 1.165) is 36.9 Å². The summed E-state index contributed by atoms with van der Waals surface area (Å²) in [4.78, 5) is 11.3. The van der Waals surface area contributed by atoms with Gasteiger partial charge in [-0.05, 0) is 75.0 Å². The van der Waals surface area contributed by atoms with E-state index in [9.17, 15) is 0 Å². The molecule has 2 saturated heterocycles. The van der Waals surface area contributed by atoms with Crippen molar-refractivity contribution in [2.24, 2.45) is 16.8 Å². The third-order valence-corrected chi connectivity index (χ3v) is 7.73. The van der Waals surface area contributed by atoms with Gasteiger partial charge in [0.2, 0.25) is 0 Å². The van der Waals surface area contributed by atoms with Crippen molar-refractivity contribution in [1.82, 2.24) is 20.4 Å². The molecule has 1 aromatic rings.